The first-order valence-corrected chi connectivity index (χ1v) is 11.7. The van der Waals surface area contributed by atoms with Crippen molar-refractivity contribution in [3.8, 4) is 22.8 Å². The number of likely N-dealkylation sites (tertiary alicyclic amines) is 1. The summed E-state index contributed by atoms with van der Waals surface area (Å²) in [7, 11) is 0. The molecule has 33 heavy (non-hydrogen) atoms. The van der Waals surface area contributed by atoms with Gasteiger partial charge in [-0.05, 0) is 38.0 Å². The summed E-state index contributed by atoms with van der Waals surface area (Å²) in [5.74, 6) is 0.439. The number of nitrogens with one attached hydrogen (secondary N) is 1. The summed E-state index contributed by atoms with van der Waals surface area (Å²) in [6.07, 6.45) is 5.91. The second kappa shape index (κ2) is 9.17. The van der Waals surface area contributed by atoms with Crippen molar-refractivity contribution in [2.45, 2.75) is 51.5 Å². The fraction of sp³-hybridized carbons (Fsp3) is 0.385. The van der Waals surface area contributed by atoms with Crippen molar-refractivity contribution in [2.24, 2.45) is 5.92 Å². The first kappa shape index (κ1) is 21.4. The van der Waals surface area contributed by atoms with Crippen molar-refractivity contribution in [3.63, 3.8) is 0 Å². The number of aromatic nitrogens is 2. The molecule has 0 bridgehead atoms. The van der Waals surface area contributed by atoms with Crippen molar-refractivity contribution in [3.05, 3.63) is 54.1 Å². The summed E-state index contributed by atoms with van der Waals surface area (Å²) in [5, 5.41) is 7.13. The number of amides is 2. The van der Waals surface area contributed by atoms with E-state index in [1.165, 1.54) is 6.42 Å². The van der Waals surface area contributed by atoms with Gasteiger partial charge in [0.25, 0.3) is 5.89 Å². The van der Waals surface area contributed by atoms with Gasteiger partial charge in [0.15, 0.2) is 0 Å². The van der Waals surface area contributed by atoms with Gasteiger partial charge in [0.1, 0.15) is 0 Å². The van der Waals surface area contributed by atoms with Crippen LogP contribution in [-0.2, 0) is 9.59 Å². The van der Waals surface area contributed by atoms with Crippen LogP contribution < -0.4 is 5.32 Å². The lowest BCUT2D eigenvalue weighted by Crippen LogP contribution is -2.38. The van der Waals surface area contributed by atoms with E-state index in [4.69, 9.17) is 4.52 Å². The zero-order valence-electron chi connectivity index (χ0n) is 18.8. The molecule has 3 aromatic rings. The molecule has 7 nitrogen and oxygen atoms in total. The fourth-order valence-electron chi connectivity index (χ4n) is 4.90. The summed E-state index contributed by atoms with van der Waals surface area (Å²) in [6.45, 7) is 2.51. The number of aryl methyl sites for hydroxylation is 1. The summed E-state index contributed by atoms with van der Waals surface area (Å²) < 4.78 is 5.53. The van der Waals surface area contributed by atoms with Gasteiger partial charge >= 0.3 is 0 Å². The van der Waals surface area contributed by atoms with Gasteiger partial charge < -0.3 is 14.7 Å². The van der Waals surface area contributed by atoms with Crippen LogP contribution in [0.25, 0.3) is 22.8 Å². The highest BCUT2D eigenvalue weighted by molar-refractivity contribution is 5.99. The number of para-hydroxylation sites is 1. The quantitative estimate of drug-likeness (QED) is 0.609. The van der Waals surface area contributed by atoms with Crippen LogP contribution in [0.4, 0.5) is 5.69 Å². The topological polar surface area (TPSA) is 88.3 Å². The van der Waals surface area contributed by atoms with Crippen molar-refractivity contribution in [2.75, 3.05) is 11.9 Å². The lowest BCUT2D eigenvalue weighted by atomic mass is 9.94. The van der Waals surface area contributed by atoms with Gasteiger partial charge in [-0.1, -0.05) is 60.3 Å². The van der Waals surface area contributed by atoms with Crippen LogP contribution in [0.5, 0.6) is 0 Å². The fourth-order valence-corrected chi connectivity index (χ4v) is 4.90. The highest BCUT2D eigenvalue weighted by atomic mass is 16.5. The van der Waals surface area contributed by atoms with Crippen LogP contribution >= 0.6 is 0 Å². The second-order valence-electron chi connectivity index (χ2n) is 9.07. The molecule has 2 aromatic carbocycles. The standard InChI is InChI=1S/C26H28N4O3/c1-17-8-7-9-18(14-17)24-28-26(33-29-24)21-12-5-6-13-22(21)27-25(32)19-15-23(31)30(16-19)20-10-3-2-4-11-20/h5-9,12-14,19-20H,2-4,10-11,15-16H2,1H3,(H,27,32)/t19-/m1/s1. The van der Waals surface area contributed by atoms with E-state index in [2.05, 4.69) is 15.5 Å². The smallest absolute Gasteiger partial charge is 0.260 e. The normalized spacial score (nSPS) is 19.1. The van der Waals surface area contributed by atoms with Crippen molar-refractivity contribution < 1.29 is 14.1 Å². The third kappa shape index (κ3) is 4.53. The van der Waals surface area contributed by atoms with Crippen LogP contribution in [0.1, 0.15) is 44.1 Å². The summed E-state index contributed by atoms with van der Waals surface area (Å²) >= 11 is 0. The summed E-state index contributed by atoms with van der Waals surface area (Å²) in [5.41, 5.74) is 3.25. The third-order valence-corrected chi connectivity index (χ3v) is 6.66. The van der Waals surface area contributed by atoms with Gasteiger partial charge in [0.05, 0.1) is 17.2 Å². The number of hydrogen-bond acceptors (Lipinski definition) is 5. The minimum atomic E-state index is -0.349. The molecular formula is C26H28N4O3. The minimum absolute atomic E-state index is 0.0926. The molecule has 0 unspecified atom stereocenters. The van der Waals surface area contributed by atoms with E-state index >= 15 is 0 Å². The summed E-state index contributed by atoms with van der Waals surface area (Å²) in [4.78, 5) is 32.2. The van der Waals surface area contributed by atoms with E-state index in [-0.39, 0.29) is 30.2 Å². The Morgan fingerprint density at radius 2 is 1.91 bits per heavy atom. The molecule has 2 heterocycles. The van der Waals surface area contributed by atoms with Gasteiger partial charge in [-0.2, -0.15) is 4.98 Å². The highest BCUT2D eigenvalue weighted by Crippen LogP contribution is 2.32. The molecule has 170 valence electrons. The molecule has 0 spiro atoms. The lowest BCUT2D eigenvalue weighted by molar-refractivity contribution is -0.130. The number of nitrogens with zero attached hydrogens (tertiary/aromatic N) is 3. The Morgan fingerprint density at radius 1 is 1.09 bits per heavy atom. The predicted molar refractivity (Wildman–Crippen MR) is 125 cm³/mol. The molecule has 5 rings (SSSR count). The van der Waals surface area contributed by atoms with Crippen molar-refractivity contribution in [1.29, 1.82) is 0 Å². The van der Waals surface area contributed by atoms with Crippen LogP contribution in [0.2, 0.25) is 0 Å². The third-order valence-electron chi connectivity index (χ3n) is 6.66. The Labute approximate surface area is 193 Å². The number of carbonyl (C=O) groups is 2. The van der Waals surface area contributed by atoms with Gasteiger partial charge in [-0.3, -0.25) is 9.59 Å². The molecule has 2 amide bonds. The van der Waals surface area contributed by atoms with Gasteiger partial charge in [-0.25, -0.2) is 0 Å². The van der Waals surface area contributed by atoms with E-state index < -0.39 is 0 Å². The Kier molecular flexibility index (Phi) is 5.94. The maximum Gasteiger partial charge on any atom is 0.260 e. The molecule has 1 saturated carbocycles. The minimum Gasteiger partial charge on any atom is -0.339 e. The molecule has 1 aliphatic heterocycles. The Hall–Kier alpha value is -3.48. The average molecular weight is 445 g/mol. The molecule has 1 aromatic heterocycles. The van der Waals surface area contributed by atoms with Gasteiger partial charge in [0.2, 0.25) is 17.6 Å². The maximum absolute atomic E-state index is 13.1. The zero-order valence-corrected chi connectivity index (χ0v) is 18.8. The lowest BCUT2D eigenvalue weighted by Gasteiger charge is -2.31. The Morgan fingerprint density at radius 3 is 2.73 bits per heavy atom. The van der Waals surface area contributed by atoms with Crippen LogP contribution in [0.15, 0.2) is 53.1 Å². The van der Waals surface area contributed by atoms with E-state index in [1.54, 1.807) is 0 Å². The largest absolute Gasteiger partial charge is 0.339 e. The molecule has 0 radical (unpaired) electrons. The number of anilines is 1. The van der Waals surface area contributed by atoms with Crippen LogP contribution in [0.3, 0.4) is 0 Å². The molecule has 2 aliphatic rings. The molecule has 1 saturated heterocycles. The van der Waals surface area contributed by atoms with Crippen molar-refractivity contribution >= 4 is 17.5 Å². The SMILES string of the molecule is Cc1cccc(-c2noc(-c3ccccc3NC(=O)[C@@H]3CC(=O)N(C4CCCCC4)C3)n2)c1. The first-order chi connectivity index (χ1) is 16.1. The molecule has 7 heteroatoms. The monoisotopic (exact) mass is 444 g/mol. The maximum atomic E-state index is 13.1. The van der Waals surface area contributed by atoms with E-state index in [1.807, 2.05) is 60.4 Å². The number of rotatable bonds is 5. The molecule has 1 aliphatic carbocycles. The summed E-state index contributed by atoms with van der Waals surface area (Å²) in [6, 6.07) is 15.6. The Balaban J connectivity index is 1.32. The molecule has 1 N–H and O–H groups in total. The molecule has 1 atom stereocenters. The highest BCUT2D eigenvalue weighted by Gasteiger charge is 2.38. The predicted octanol–water partition coefficient (Wildman–Crippen LogP) is 4.83. The first-order valence-electron chi connectivity index (χ1n) is 11.7. The van der Waals surface area contributed by atoms with Gasteiger partial charge in [-0.15, -0.1) is 0 Å². The van der Waals surface area contributed by atoms with E-state index in [0.717, 1.165) is 36.8 Å². The number of hydrogen-bond donors (Lipinski definition) is 1. The Bertz CT molecular complexity index is 1170. The van der Waals surface area contributed by atoms with E-state index in [9.17, 15) is 9.59 Å². The molecule has 2 fully saturated rings. The van der Waals surface area contributed by atoms with Gasteiger partial charge in [0, 0.05) is 24.6 Å². The molecular weight excluding hydrogens is 416 g/mol. The van der Waals surface area contributed by atoms with Crippen LogP contribution in [0, 0.1) is 12.8 Å². The van der Waals surface area contributed by atoms with Crippen LogP contribution in [-0.4, -0.2) is 39.4 Å². The number of benzene rings is 2. The zero-order chi connectivity index (χ0) is 22.8. The second-order valence-corrected chi connectivity index (χ2v) is 9.07. The van der Waals surface area contributed by atoms with Crippen molar-refractivity contribution in [1.82, 2.24) is 15.0 Å². The average Bonchev–Trinajstić information content (AvgIpc) is 3.47. The number of carbonyl (C=O) groups excluding carboxylic acids is 2. The van der Waals surface area contributed by atoms with E-state index in [0.29, 0.717) is 29.5 Å².